The van der Waals surface area contributed by atoms with Crippen molar-refractivity contribution in [3.63, 3.8) is 0 Å². The average molecular weight is 241 g/mol. The number of amides is 1. The third-order valence-electron chi connectivity index (χ3n) is 2.32. The quantitative estimate of drug-likeness (QED) is 0.344. The Balaban J connectivity index is 4.72. The summed E-state index contributed by atoms with van der Waals surface area (Å²) in [6.45, 7) is 3.48. The molecule has 0 aliphatic heterocycles. The average Bonchev–Trinajstić information content (AvgIpc) is 2.24. The van der Waals surface area contributed by atoms with E-state index >= 15 is 0 Å². The van der Waals surface area contributed by atoms with Gasteiger partial charge in [0.2, 0.25) is 5.91 Å². The fourth-order valence-corrected chi connectivity index (χ4v) is 1.25. The van der Waals surface area contributed by atoms with Crippen molar-refractivity contribution in [1.82, 2.24) is 4.90 Å². The van der Waals surface area contributed by atoms with E-state index in [9.17, 15) is 14.7 Å². The van der Waals surface area contributed by atoms with Crippen LogP contribution in [-0.4, -0.2) is 55.7 Å². The highest BCUT2D eigenvalue weighted by Gasteiger charge is 2.18. The second-order valence-corrected chi connectivity index (χ2v) is 3.81. The van der Waals surface area contributed by atoms with Crippen LogP contribution in [0.5, 0.6) is 0 Å². The first-order chi connectivity index (χ1) is 7.90. The van der Waals surface area contributed by atoms with Gasteiger partial charge in [0, 0.05) is 26.9 Å². The lowest BCUT2D eigenvalue weighted by Gasteiger charge is -2.31. The molecule has 0 radical (unpaired) electrons. The monoisotopic (exact) mass is 241 g/mol. The van der Waals surface area contributed by atoms with Crippen LogP contribution in [0, 0.1) is 0 Å². The number of hydrogen-bond donors (Lipinski definition) is 0. The van der Waals surface area contributed by atoms with Crippen molar-refractivity contribution in [3.8, 4) is 0 Å². The first-order valence-corrected chi connectivity index (χ1v) is 5.40. The lowest BCUT2D eigenvalue weighted by atomic mass is 10.1. The van der Waals surface area contributed by atoms with Crippen molar-refractivity contribution in [3.05, 3.63) is 5.32 Å². The number of rotatable bonds is 7. The van der Waals surface area contributed by atoms with Gasteiger partial charge in [-0.3, -0.25) is 9.59 Å². The predicted molar refractivity (Wildman–Crippen MR) is 64.0 cm³/mol. The van der Waals surface area contributed by atoms with E-state index in [1.807, 2.05) is 0 Å². The van der Waals surface area contributed by atoms with E-state index in [0.29, 0.717) is 6.54 Å². The number of nitrogens with zero attached hydrogens (tertiary/aromatic N) is 3. The lowest BCUT2D eigenvalue weighted by molar-refractivity contribution is -0.225. The van der Waals surface area contributed by atoms with E-state index in [4.69, 9.17) is 0 Å². The van der Waals surface area contributed by atoms with Crippen LogP contribution < -0.4 is 5.11 Å². The molecule has 6 heteroatoms. The molecule has 1 unspecified atom stereocenters. The molecule has 0 aromatic heterocycles. The predicted octanol–water partition coefficient (Wildman–Crippen LogP) is -0.425. The minimum Gasteiger partial charge on any atom is -0.861 e. The Morgan fingerprint density at radius 2 is 2.00 bits per heavy atom. The minimum absolute atomic E-state index is 0.00167. The SMILES string of the molecule is C[N-]CCN=C([O-])C(CC(C)=O)N(C)C(C)=O. The lowest BCUT2D eigenvalue weighted by Crippen LogP contribution is -2.47. The second-order valence-electron chi connectivity index (χ2n) is 3.81. The fourth-order valence-electron chi connectivity index (χ4n) is 1.25. The molecule has 0 aromatic carbocycles. The highest BCUT2D eigenvalue weighted by molar-refractivity contribution is 5.89. The van der Waals surface area contributed by atoms with Gasteiger partial charge in [-0.25, -0.2) is 0 Å². The van der Waals surface area contributed by atoms with Gasteiger partial charge in [0.15, 0.2) is 0 Å². The highest BCUT2D eigenvalue weighted by atomic mass is 16.3. The van der Waals surface area contributed by atoms with Gasteiger partial charge in [-0.1, -0.05) is 0 Å². The van der Waals surface area contributed by atoms with Crippen molar-refractivity contribution < 1.29 is 14.7 Å². The molecule has 0 saturated carbocycles. The normalized spacial score (nSPS) is 13.3. The van der Waals surface area contributed by atoms with Crippen molar-refractivity contribution in [2.45, 2.75) is 26.3 Å². The zero-order valence-electron chi connectivity index (χ0n) is 10.8. The van der Waals surface area contributed by atoms with Crippen LogP contribution in [0.1, 0.15) is 20.3 Å². The van der Waals surface area contributed by atoms with E-state index in [2.05, 4.69) is 10.3 Å². The number of carbonyl (C=O) groups is 2. The number of likely N-dealkylation sites (N-methyl/N-ethyl adjacent to an activating group) is 2. The summed E-state index contributed by atoms with van der Waals surface area (Å²) < 4.78 is 0. The number of carbonyl (C=O) groups excluding carboxylic acids is 2. The number of ketones is 1. The molecule has 0 heterocycles. The molecule has 1 atom stereocenters. The number of Topliss-reactive ketones (excluding diaryl/α,β-unsaturated/α-hetero) is 1. The Bertz CT molecular complexity index is 302. The maximum atomic E-state index is 11.7. The molecular weight excluding hydrogens is 222 g/mol. The molecule has 0 saturated heterocycles. The zero-order valence-corrected chi connectivity index (χ0v) is 10.8. The topological polar surface area (TPSA) is 86.9 Å². The van der Waals surface area contributed by atoms with Crippen LogP contribution in [0.3, 0.4) is 0 Å². The van der Waals surface area contributed by atoms with Crippen LogP contribution in [0.2, 0.25) is 0 Å². The summed E-state index contributed by atoms with van der Waals surface area (Å²) >= 11 is 0. The Morgan fingerprint density at radius 3 is 2.41 bits per heavy atom. The van der Waals surface area contributed by atoms with E-state index in [1.165, 1.54) is 25.8 Å². The summed E-state index contributed by atoms with van der Waals surface area (Å²) in [7, 11) is 3.13. The summed E-state index contributed by atoms with van der Waals surface area (Å²) in [5.41, 5.74) is 0. The second kappa shape index (κ2) is 7.78. The summed E-state index contributed by atoms with van der Waals surface area (Å²) in [6.07, 6.45) is 0.00167. The summed E-state index contributed by atoms with van der Waals surface area (Å²) in [4.78, 5) is 27.3. The molecular formula is C11H19N3O3-2. The smallest absolute Gasteiger partial charge is 0.219 e. The van der Waals surface area contributed by atoms with Gasteiger partial charge in [-0.05, 0) is 12.8 Å². The number of aliphatic imine (C=N–C) groups is 1. The van der Waals surface area contributed by atoms with Gasteiger partial charge in [0.05, 0.1) is 6.04 Å². The largest absolute Gasteiger partial charge is 0.861 e. The van der Waals surface area contributed by atoms with Crippen LogP contribution >= 0.6 is 0 Å². The maximum absolute atomic E-state index is 11.7. The van der Waals surface area contributed by atoms with Gasteiger partial charge >= 0.3 is 0 Å². The van der Waals surface area contributed by atoms with Crippen molar-refractivity contribution in [1.29, 1.82) is 0 Å². The van der Waals surface area contributed by atoms with Gasteiger partial charge in [0.25, 0.3) is 0 Å². The van der Waals surface area contributed by atoms with Crippen LogP contribution in [0.25, 0.3) is 5.32 Å². The fraction of sp³-hybridized carbons (Fsp3) is 0.727. The van der Waals surface area contributed by atoms with Gasteiger partial charge in [-0.2, -0.15) is 7.05 Å². The van der Waals surface area contributed by atoms with Crippen molar-refractivity contribution in [2.75, 3.05) is 27.2 Å². The summed E-state index contributed by atoms with van der Waals surface area (Å²) in [5, 5.41) is 15.6. The third-order valence-corrected chi connectivity index (χ3v) is 2.32. The van der Waals surface area contributed by atoms with Gasteiger partial charge in [0.1, 0.15) is 5.78 Å². The molecule has 0 rings (SSSR count). The molecule has 1 amide bonds. The van der Waals surface area contributed by atoms with Gasteiger partial charge in [-0.15, -0.1) is 6.54 Å². The molecule has 98 valence electrons. The van der Waals surface area contributed by atoms with Crippen molar-refractivity contribution >= 4 is 17.6 Å². The molecule has 6 nitrogen and oxygen atoms in total. The Morgan fingerprint density at radius 1 is 1.41 bits per heavy atom. The molecule has 0 fully saturated rings. The Labute approximate surface area is 102 Å². The van der Waals surface area contributed by atoms with Crippen LogP contribution in [0.15, 0.2) is 4.99 Å². The molecule has 0 spiro atoms. The number of hydrogen-bond acceptors (Lipinski definition) is 4. The minimum atomic E-state index is -0.790. The zero-order chi connectivity index (χ0) is 13.4. The Hall–Kier alpha value is -1.43. The molecule has 0 aliphatic rings. The first kappa shape index (κ1) is 15.6. The summed E-state index contributed by atoms with van der Waals surface area (Å²) in [5.74, 6) is -0.853. The Kier molecular flexibility index (Phi) is 7.13. The van der Waals surface area contributed by atoms with E-state index in [-0.39, 0.29) is 24.7 Å². The van der Waals surface area contributed by atoms with Crippen LogP contribution in [0.4, 0.5) is 0 Å². The van der Waals surface area contributed by atoms with Crippen LogP contribution in [-0.2, 0) is 9.59 Å². The van der Waals surface area contributed by atoms with E-state index < -0.39 is 11.9 Å². The van der Waals surface area contributed by atoms with Crippen molar-refractivity contribution in [2.24, 2.45) is 4.99 Å². The molecule has 0 aliphatic carbocycles. The highest BCUT2D eigenvalue weighted by Crippen LogP contribution is 2.04. The molecule has 0 aromatic rings. The molecule has 0 bridgehead atoms. The standard InChI is InChI=1S/C11H20N3O3/c1-8(15)7-10(14(4)9(2)16)11(17)13-6-5-12-3/h10H,5-7H2,1-4H3,(H,13,17)/q-1/p-1. The first-order valence-electron chi connectivity index (χ1n) is 5.40. The van der Waals surface area contributed by atoms with E-state index in [1.54, 1.807) is 7.05 Å². The van der Waals surface area contributed by atoms with E-state index in [0.717, 1.165) is 0 Å². The summed E-state index contributed by atoms with van der Waals surface area (Å²) in [6, 6.07) is -0.790. The molecule has 17 heavy (non-hydrogen) atoms. The maximum Gasteiger partial charge on any atom is 0.219 e. The third kappa shape index (κ3) is 6.01. The van der Waals surface area contributed by atoms with Gasteiger partial charge < -0.3 is 20.3 Å². The molecule has 0 N–H and O–H groups in total.